The van der Waals surface area contributed by atoms with Gasteiger partial charge in [-0.3, -0.25) is 4.79 Å². The molecule has 2 rings (SSSR count). The van der Waals surface area contributed by atoms with Gasteiger partial charge in [-0.25, -0.2) is 12.7 Å². The number of ether oxygens (including phenoxy) is 2. The Morgan fingerprint density at radius 1 is 1.24 bits per heavy atom. The third-order valence-electron chi connectivity index (χ3n) is 4.27. The molecule has 0 unspecified atom stereocenters. The van der Waals surface area contributed by atoms with Gasteiger partial charge in [0.2, 0.25) is 10.0 Å². The van der Waals surface area contributed by atoms with Crippen LogP contribution in [0.5, 0.6) is 11.5 Å². The van der Waals surface area contributed by atoms with Crippen LogP contribution in [0, 0.1) is 5.92 Å². The number of nitrogens with one attached hydrogen (secondary N) is 1. The van der Waals surface area contributed by atoms with Crippen molar-refractivity contribution in [3.05, 3.63) is 23.8 Å². The summed E-state index contributed by atoms with van der Waals surface area (Å²) in [4.78, 5) is 12.3. The van der Waals surface area contributed by atoms with Crippen molar-refractivity contribution in [2.75, 3.05) is 39.6 Å². The number of hydrogen-bond acceptors (Lipinski definition) is 5. The smallest absolute Gasteiger partial charge is 0.251 e. The first kappa shape index (κ1) is 19.5. The maximum absolute atomic E-state index is 12.4. The van der Waals surface area contributed by atoms with E-state index in [1.54, 1.807) is 18.2 Å². The molecular weight excluding hydrogens is 344 g/mol. The summed E-state index contributed by atoms with van der Waals surface area (Å²) in [5.74, 6) is 0.910. The zero-order valence-electron chi connectivity index (χ0n) is 14.9. The SMILES string of the molecule is COc1cc(OC)cc(C(=O)NCCS(=O)(=O)N2CCC[C@H](C)C2)c1. The lowest BCUT2D eigenvalue weighted by atomic mass is 10.0. The molecule has 7 nitrogen and oxygen atoms in total. The Kier molecular flexibility index (Phi) is 6.66. The Morgan fingerprint density at radius 2 is 1.88 bits per heavy atom. The molecule has 0 saturated carbocycles. The number of rotatable bonds is 7. The van der Waals surface area contributed by atoms with Crippen LogP contribution in [-0.2, 0) is 10.0 Å². The molecule has 1 aromatic carbocycles. The molecule has 1 amide bonds. The normalized spacial score (nSPS) is 18.6. The quantitative estimate of drug-likeness (QED) is 0.786. The lowest BCUT2D eigenvalue weighted by Gasteiger charge is -2.30. The fourth-order valence-corrected chi connectivity index (χ4v) is 4.37. The highest BCUT2D eigenvalue weighted by Gasteiger charge is 2.26. The van der Waals surface area contributed by atoms with Gasteiger partial charge in [-0.1, -0.05) is 6.92 Å². The number of benzene rings is 1. The van der Waals surface area contributed by atoms with Crippen LogP contribution < -0.4 is 14.8 Å². The third kappa shape index (κ3) is 5.34. The highest BCUT2D eigenvalue weighted by Crippen LogP contribution is 2.22. The molecule has 1 fully saturated rings. The van der Waals surface area contributed by atoms with Gasteiger partial charge in [0.1, 0.15) is 11.5 Å². The molecule has 1 aliphatic heterocycles. The van der Waals surface area contributed by atoms with Crippen LogP contribution in [0.4, 0.5) is 0 Å². The summed E-state index contributed by atoms with van der Waals surface area (Å²) in [5.41, 5.74) is 0.361. The molecule has 0 spiro atoms. The van der Waals surface area contributed by atoms with Crippen molar-refractivity contribution in [2.24, 2.45) is 5.92 Å². The molecule has 140 valence electrons. The predicted octanol–water partition coefficient (Wildman–Crippen LogP) is 1.50. The second kappa shape index (κ2) is 8.53. The van der Waals surface area contributed by atoms with E-state index in [-0.39, 0.29) is 18.2 Å². The Bertz CT molecular complexity index is 683. The van der Waals surface area contributed by atoms with Crippen LogP contribution in [0.1, 0.15) is 30.1 Å². The first-order valence-electron chi connectivity index (χ1n) is 8.35. The summed E-state index contributed by atoms with van der Waals surface area (Å²) in [7, 11) is -0.345. The number of sulfonamides is 1. The standard InChI is InChI=1S/C17H26N2O5S/c1-13-5-4-7-19(12-13)25(21,22)8-6-18-17(20)14-9-15(23-2)11-16(10-14)24-3/h9-11,13H,4-8,12H2,1-3H3,(H,18,20)/t13-/m0/s1. The average Bonchev–Trinajstić information content (AvgIpc) is 2.61. The number of carbonyl (C=O) groups is 1. The molecule has 8 heteroatoms. The number of nitrogens with zero attached hydrogens (tertiary/aromatic N) is 1. The van der Waals surface area contributed by atoms with Crippen molar-refractivity contribution in [1.82, 2.24) is 9.62 Å². The Hall–Kier alpha value is -1.80. The van der Waals surface area contributed by atoms with Gasteiger partial charge in [0.05, 0.1) is 20.0 Å². The van der Waals surface area contributed by atoms with Crippen molar-refractivity contribution in [2.45, 2.75) is 19.8 Å². The summed E-state index contributed by atoms with van der Waals surface area (Å²) in [6.07, 6.45) is 1.94. The second-order valence-corrected chi connectivity index (χ2v) is 8.37. The van der Waals surface area contributed by atoms with Crippen molar-refractivity contribution < 1.29 is 22.7 Å². The van der Waals surface area contributed by atoms with E-state index in [0.717, 1.165) is 12.8 Å². The summed E-state index contributed by atoms with van der Waals surface area (Å²) < 4.78 is 36.6. The van der Waals surface area contributed by atoms with Gasteiger partial charge >= 0.3 is 0 Å². The molecule has 1 aliphatic rings. The Labute approximate surface area is 149 Å². The molecule has 0 radical (unpaired) electrons. The number of piperidine rings is 1. The molecule has 0 bridgehead atoms. The largest absolute Gasteiger partial charge is 0.497 e. The molecule has 0 aliphatic carbocycles. The predicted molar refractivity (Wildman–Crippen MR) is 95.6 cm³/mol. The van der Waals surface area contributed by atoms with Gasteiger partial charge < -0.3 is 14.8 Å². The minimum atomic E-state index is -3.35. The van der Waals surface area contributed by atoms with Gasteiger partial charge in [0, 0.05) is 31.3 Å². The van der Waals surface area contributed by atoms with Gasteiger partial charge in [0.15, 0.2) is 0 Å². The average molecular weight is 370 g/mol. The van der Waals surface area contributed by atoms with Crippen molar-refractivity contribution >= 4 is 15.9 Å². The molecule has 0 aromatic heterocycles. The van der Waals surface area contributed by atoms with Gasteiger partial charge in [-0.2, -0.15) is 0 Å². The highest BCUT2D eigenvalue weighted by molar-refractivity contribution is 7.89. The molecule has 1 aromatic rings. The minimum absolute atomic E-state index is 0.0611. The van der Waals surface area contributed by atoms with E-state index < -0.39 is 10.0 Å². The monoisotopic (exact) mass is 370 g/mol. The van der Waals surface area contributed by atoms with E-state index in [0.29, 0.717) is 36.1 Å². The molecular formula is C17H26N2O5S. The summed E-state index contributed by atoms with van der Waals surface area (Å²) in [5, 5.41) is 2.65. The molecule has 1 N–H and O–H groups in total. The second-order valence-electron chi connectivity index (χ2n) is 6.28. The first-order chi connectivity index (χ1) is 11.9. The van der Waals surface area contributed by atoms with Crippen LogP contribution in [0.2, 0.25) is 0 Å². The number of amides is 1. The lowest BCUT2D eigenvalue weighted by Crippen LogP contribution is -2.42. The van der Waals surface area contributed by atoms with E-state index >= 15 is 0 Å². The van der Waals surface area contributed by atoms with Crippen molar-refractivity contribution in [3.8, 4) is 11.5 Å². The van der Waals surface area contributed by atoms with Crippen molar-refractivity contribution in [3.63, 3.8) is 0 Å². The van der Waals surface area contributed by atoms with Gasteiger partial charge in [-0.05, 0) is 30.9 Å². The van der Waals surface area contributed by atoms with Crippen molar-refractivity contribution in [1.29, 1.82) is 0 Å². The third-order valence-corrected chi connectivity index (χ3v) is 6.11. The minimum Gasteiger partial charge on any atom is -0.497 e. The van der Waals surface area contributed by atoms with E-state index in [1.807, 2.05) is 0 Å². The van der Waals surface area contributed by atoms with E-state index in [4.69, 9.17) is 9.47 Å². The summed E-state index contributed by atoms with van der Waals surface area (Å²) >= 11 is 0. The molecule has 1 heterocycles. The van der Waals surface area contributed by atoms with E-state index in [9.17, 15) is 13.2 Å². The number of hydrogen-bond donors (Lipinski definition) is 1. The fraction of sp³-hybridized carbons (Fsp3) is 0.588. The summed E-state index contributed by atoms with van der Waals surface area (Å²) in [6, 6.07) is 4.83. The Balaban J connectivity index is 1.93. The van der Waals surface area contributed by atoms with Gasteiger partial charge in [-0.15, -0.1) is 0 Å². The first-order valence-corrected chi connectivity index (χ1v) is 9.95. The Morgan fingerprint density at radius 3 is 2.44 bits per heavy atom. The molecule has 25 heavy (non-hydrogen) atoms. The summed E-state index contributed by atoms with van der Waals surface area (Å²) in [6.45, 7) is 3.24. The van der Waals surface area contributed by atoms with Crippen LogP contribution >= 0.6 is 0 Å². The maximum atomic E-state index is 12.4. The van der Waals surface area contributed by atoms with Gasteiger partial charge in [0.25, 0.3) is 5.91 Å². The molecule has 1 atom stereocenters. The van der Waals surface area contributed by atoms with Crippen LogP contribution in [0.3, 0.4) is 0 Å². The van der Waals surface area contributed by atoms with E-state index in [2.05, 4.69) is 12.2 Å². The zero-order valence-corrected chi connectivity index (χ0v) is 15.8. The van der Waals surface area contributed by atoms with E-state index in [1.165, 1.54) is 18.5 Å². The zero-order chi connectivity index (χ0) is 18.4. The highest BCUT2D eigenvalue weighted by atomic mass is 32.2. The maximum Gasteiger partial charge on any atom is 0.251 e. The fourth-order valence-electron chi connectivity index (χ4n) is 2.86. The molecule has 1 saturated heterocycles. The van der Waals surface area contributed by atoms with Crippen LogP contribution in [0.25, 0.3) is 0 Å². The van der Waals surface area contributed by atoms with Crippen LogP contribution in [0.15, 0.2) is 18.2 Å². The number of carbonyl (C=O) groups excluding carboxylic acids is 1. The van der Waals surface area contributed by atoms with Crippen LogP contribution in [-0.4, -0.2) is 58.2 Å². The topological polar surface area (TPSA) is 84.9 Å². The number of methoxy groups -OCH3 is 2. The lowest BCUT2D eigenvalue weighted by molar-refractivity contribution is 0.0955.